The zero-order valence-corrected chi connectivity index (χ0v) is 20.5. The molecule has 0 bridgehead atoms. The van der Waals surface area contributed by atoms with E-state index in [0.29, 0.717) is 28.1 Å². The number of nitrogens with zero attached hydrogens (tertiary/aromatic N) is 5. The van der Waals surface area contributed by atoms with Crippen LogP contribution < -0.4 is 5.73 Å². The smallest absolute Gasteiger partial charge is 0.322 e. The summed E-state index contributed by atoms with van der Waals surface area (Å²) in [6.45, 7) is -0.00197. The summed E-state index contributed by atoms with van der Waals surface area (Å²) in [6, 6.07) is 8.68. The number of carboxylic acid groups (broad SMARTS) is 1. The Bertz CT molecular complexity index is 1550. The molecule has 4 heterocycles. The Morgan fingerprint density at radius 3 is 2.74 bits per heavy atom. The molecule has 0 aliphatic carbocycles. The molecule has 2 atom stereocenters. The maximum atomic E-state index is 12.3. The summed E-state index contributed by atoms with van der Waals surface area (Å²) in [7, 11) is -3.74. The summed E-state index contributed by atoms with van der Waals surface area (Å²) in [5.74, 6) is -1.18. The van der Waals surface area contributed by atoms with Gasteiger partial charge in [-0.2, -0.15) is 13.9 Å². The molecule has 34 heavy (non-hydrogen) atoms. The van der Waals surface area contributed by atoms with Gasteiger partial charge in [-0.3, -0.25) is 9.78 Å². The number of aromatic nitrogens is 4. The molecule has 1 aliphatic rings. The van der Waals surface area contributed by atoms with E-state index in [9.17, 15) is 18.3 Å². The van der Waals surface area contributed by atoms with E-state index in [-0.39, 0.29) is 18.9 Å². The summed E-state index contributed by atoms with van der Waals surface area (Å²) in [5.41, 5.74) is 9.88. The van der Waals surface area contributed by atoms with Crippen molar-refractivity contribution in [3.05, 3.63) is 52.9 Å². The van der Waals surface area contributed by atoms with Crippen molar-refractivity contribution in [3.63, 3.8) is 0 Å². The molecular weight excluding hydrogens is 524 g/mol. The van der Waals surface area contributed by atoms with Gasteiger partial charge < -0.3 is 10.8 Å². The number of rotatable bonds is 4. The fourth-order valence-corrected chi connectivity index (χ4v) is 6.17. The number of para-hydroxylation sites is 1. The van der Waals surface area contributed by atoms with Crippen molar-refractivity contribution in [3.8, 4) is 11.1 Å². The number of fused-ring (bicyclic) bond motifs is 2. The number of sulfonamides is 1. The molecule has 1 fully saturated rings. The van der Waals surface area contributed by atoms with E-state index >= 15 is 0 Å². The molecule has 0 radical (unpaired) electrons. The number of benzene rings is 1. The predicted molar refractivity (Wildman–Crippen MR) is 131 cm³/mol. The van der Waals surface area contributed by atoms with Gasteiger partial charge in [0.2, 0.25) is 10.0 Å². The first-order valence-corrected chi connectivity index (χ1v) is 13.2. The fourth-order valence-electron chi connectivity index (χ4n) is 4.48. The van der Waals surface area contributed by atoms with Crippen molar-refractivity contribution < 1.29 is 18.3 Å². The van der Waals surface area contributed by atoms with Crippen LogP contribution in [0.5, 0.6) is 0 Å². The third-order valence-corrected chi connectivity index (χ3v) is 8.25. The van der Waals surface area contributed by atoms with Crippen molar-refractivity contribution in [2.75, 3.05) is 18.5 Å². The molecule has 5 rings (SSSR count). The van der Waals surface area contributed by atoms with Gasteiger partial charge in [0.05, 0.1) is 28.1 Å². The molecule has 2 unspecified atom stereocenters. The topological polar surface area (TPSA) is 144 Å². The van der Waals surface area contributed by atoms with Crippen LogP contribution in [0.15, 0.2) is 47.2 Å². The Morgan fingerprint density at radius 1 is 1.24 bits per heavy atom. The second-order valence-corrected chi connectivity index (χ2v) is 11.1. The van der Waals surface area contributed by atoms with Crippen molar-refractivity contribution >= 4 is 54.3 Å². The molecule has 1 aromatic carbocycles. The summed E-state index contributed by atoms with van der Waals surface area (Å²) >= 11 is 3.50. The Balaban J connectivity index is 1.61. The van der Waals surface area contributed by atoms with Crippen molar-refractivity contribution in [1.29, 1.82) is 0 Å². The van der Waals surface area contributed by atoms with Gasteiger partial charge in [-0.15, -0.1) is 0 Å². The van der Waals surface area contributed by atoms with E-state index in [4.69, 9.17) is 10.7 Å². The number of anilines is 1. The summed E-state index contributed by atoms with van der Waals surface area (Å²) < 4.78 is 27.7. The maximum Gasteiger partial charge on any atom is 0.322 e. The summed E-state index contributed by atoms with van der Waals surface area (Å²) in [5, 5.41) is 14.9. The lowest BCUT2D eigenvalue weighted by molar-refractivity contribution is -0.142. The van der Waals surface area contributed by atoms with Gasteiger partial charge in [0, 0.05) is 35.2 Å². The molecule has 12 heteroatoms. The summed E-state index contributed by atoms with van der Waals surface area (Å²) in [4.78, 5) is 21.0. The lowest BCUT2D eigenvalue weighted by Crippen LogP contribution is -2.49. The minimum absolute atomic E-state index is 0.00197. The Morgan fingerprint density at radius 2 is 2.00 bits per heavy atom. The van der Waals surface area contributed by atoms with Gasteiger partial charge >= 0.3 is 5.97 Å². The number of hydrogen-bond donors (Lipinski definition) is 2. The highest BCUT2D eigenvalue weighted by atomic mass is 79.9. The molecule has 3 aromatic heterocycles. The van der Waals surface area contributed by atoms with E-state index in [1.165, 1.54) is 4.52 Å². The van der Waals surface area contributed by atoms with E-state index in [2.05, 4.69) is 26.0 Å². The number of carboxylic acids is 1. The number of nitrogen functional groups attached to an aromatic ring is 1. The lowest BCUT2D eigenvalue weighted by Gasteiger charge is -2.35. The molecule has 3 N–H and O–H groups in total. The first-order valence-electron chi connectivity index (χ1n) is 10.5. The van der Waals surface area contributed by atoms with Gasteiger partial charge in [-0.05, 0) is 40.9 Å². The second kappa shape index (κ2) is 8.29. The zero-order chi connectivity index (χ0) is 24.2. The van der Waals surface area contributed by atoms with Crippen LogP contribution in [0.2, 0.25) is 0 Å². The minimum atomic E-state index is -3.74. The van der Waals surface area contributed by atoms with Crippen LogP contribution in [0.1, 0.15) is 24.5 Å². The van der Waals surface area contributed by atoms with Crippen LogP contribution in [-0.2, 0) is 14.8 Å². The molecular formula is C22H21BrN6O4S. The Kier molecular flexibility index (Phi) is 5.53. The minimum Gasteiger partial charge on any atom is -0.480 e. The number of nitrogens with two attached hydrogens (primary N) is 1. The lowest BCUT2D eigenvalue weighted by atomic mass is 9.91. The van der Waals surface area contributed by atoms with Crippen molar-refractivity contribution in [2.24, 2.45) is 0 Å². The van der Waals surface area contributed by atoms with Gasteiger partial charge in [0.25, 0.3) is 0 Å². The Hall–Kier alpha value is -3.09. The SMILES string of the molecule is CS(=O)(=O)N1CC(c2nc3c(-c4cnc5ccccc5c4)cnn3c(N)c2Br)CCC1C(=O)O. The molecule has 1 aliphatic heterocycles. The van der Waals surface area contributed by atoms with Gasteiger partial charge in [0.15, 0.2) is 5.65 Å². The van der Waals surface area contributed by atoms with Crippen molar-refractivity contribution in [2.45, 2.75) is 24.8 Å². The third kappa shape index (κ3) is 3.81. The summed E-state index contributed by atoms with van der Waals surface area (Å²) in [6.07, 6.45) is 5.07. The largest absolute Gasteiger partial charge is 0.480 e. The number of hydrogen-bond acceptors (Lipinski definition) is 7. The van der Waals surface area contributed by atoms with Gasteiger partial charge in [-0.1, -0.05) is 18.2 Å². The van der Waals surface area contributed by atoms with E-state index in [1.54, 1.807) is 12.4 Å². The third-order valence-electron chi connectivity index (χ3n) is 6.18. The molecule has 0 spiro atoms. The number of piperidine rings is 1. The zero-order valence-electron chi connectivity index (χ0n) is 18.1. The second-order valence-electron chi connectivity index (χ2n) is 8.37. The molecule has 176 valence electrons. The first kappa shape index (κ1) is 22.7. The van der Waals surface area contributed by atoms with Crippen LogP contribution in [0, 0.1) is 0 Å². The highest BCUT2D eigenvalue weighted by molar-refractivity contribution is 9.10. The maximum absolute atomic E-state index is 12.3. The predicted octanol–water partition coefficient (Wildman–Crippen LogP) is 2.88. The standard InChI is InChI=1S/C22H21BrN6O4S/c1-34(32,33)28-11-13(6-7-17(28)22(30)31)19-18(23)20(24)29-21(27-19)15(10-26-29)14-8-12-4-2-3-5-16(12)25-9-14/h2-5,8-10,13,17H,6-7,11,24H2,1H3,(H,30,31). The average Bonchev–Trinajstić information content (AvgIpc) is 3.24. The number of halogens is 1. The monoisotopic (exact) mass is 544 g/mol. The average molecular weight is 545 g/mol. The normalized spacial score (nSPS) is 19.6. The van der Waals surface area contributed by atoms with Crippen LogP contribution in [0.25, 0.3) is 27.7 Å². The highest BCUT2D eigenvalue weighted by Gasteiger charge is 2.40. The molecule has 0 saturated carbocycles. The van der Waals surface area contributed by atoms with Crippen LogP contribution >= 0.6 is 15.9 Å². The van der Waals surface area contributed by atoms with E-state index in [1.807, 2.05) is 30.3 Å². The van der Waals surface area contributed by atoms with Crippen LogP contribution in [0.4, 0.5) is 5.82 Å². The molecule has 0 amide bonds. The van der Waals surface area contributed by atoms with Crippen molar-refractivity contribution in [1.82, 2.24) is 23.9 Å². The fraction of sp³-hybridized carbons (Fsp3) is 0.273. The van der Waals surface area contributed by atoms with Crippen LogP contribution in [0.3, 0.4) is 0 Å². The Labute approximate surface area is 203 Å². The molecule has 1 saturated heterocycles. The first-order chi connectivity index (χ1) is 16.1. The van der Waals surface area contributed by atoms with Crippen LogP contribution in [-0.4, -0.2) is 62.2 Å². The number of carbonyl (C=O) groups is 1. The van der Waals surface area contributed by atoms with E-state index in [0.717, 1.165) is 32.6 Å². The van der Waals surface area contributed by atoms with E-state index < -0.39 is 22.0 Å². The number of pyridine rings is 1. The molecule has 4 aromatic rings. The van der Waals surface area contributed by atoms with Gasteiger partial charge in [0.1, 0.15) is 11.9 Å². The van der Waals surface area contributed by atoms with Gasteiger partial charge in [-0.25, -0.2) is 13.4 Å². The highest BCUT2D eigenvalue weighted by Crippen LogP contribution is 2.38. The molecule has 10 nitrogen and oxygen atoms in total. The quantitative estimate of drug-likeness (QED) is 0.399. The number of aliphatic carboxylic acids is 1.